The van der Waals surface area contributed by atoms with Crippen molar-refractivity contribution in [3.8, 4) is 0 Å². The number of para-hydroxylation sites is 1. The van der Waals surface area contributed by atoms with Gasteiger partial charge in [0.15, 0.2) is 6.54 Å². The average molecular weight is 375 g/mol. The van der Waals surface area contributed by atoms with Crippen LogP contribution in [0.4, 0.5) is 14.5 Å². The summed E-state index contributed by atoms with van der Waals surface area (Å²) in [5.74, 6) is -0.760. The fraction of sp³-hybridized carbons (Fsp3) is 0.409. The molecule has 0 saturated heterocycles. The van der Waals surface area contributed by atoms with E-state index >= 15 is 0 Å². The lowest BCUT2D eigenvalue weighted by Gasteiger charge is -2.20. The lowest BCUT2D eigenvalue weighted by Crippen LogP contribution is -2.86. The molecule has 3 nitrogen and oxygen atoms in total. The lowest BCUT2D eigenvalue weighted by molar-refractivity contribution is -0.682. The number of benzene rings is 2. The SMILES string of the molecule is CC(C)c1cccc(C(C)C)c1NC(=O)C[NH2+][C@H](C)c1ccc(F)cc1F. The van der Waals surface area contributed by atoms with E-state index in [-0.39, 0.29) is 30.3 Å². The molecular weight excluding hydrogens is 346 g/mol. The van der Waals surface area contributed by atoms with Gasteiger partial charge in [-0.1, -0.05) is 45.9 Å². The van der Waals surface area contributed by atoms with E-state index in [1.165, 1.54) is 12.1 Å². The van der Waals surface area contributed by atoms with E-state index in [2.05, 4.69) is 33.0 Å². The number of nitrogens with one attached hydrogen (secondary N) is 1. The summed E-state index contributed by atoms with van der Waals surface area (Å²) in [5, 5.41) is 4.80. The number of hydrogen-bond donors (Lipinski definition) is 2. The number of halogens is 2. The number of carbonyl (C=O) groups excluding carboxylic acids is 1. The average Bonchev–Trinajstić information content (AvgIpc) is 2.59. The van der Waals surface area contributed by atoms with Gasteiger partial charge in [0.1, 0.15) is 17.7 Å². The normalized spacial score (nSPS) is 12.5. The van der Waals surface area contributed by atoms with Crippen LogP contribution in [0, 0.1) is 11.6 Å². The third-order valence-electron chi connectivity index (χ3n) is 4.75. The van der Waals surface area contributed by atoms with Crippen molar-refractivity contribution in [2.24, 2.45) is 0 Å². The number of carbonyl (C=O) groups is 1. The highest BCUT2D eigenvalue weighted by Gasteiger charge is 2.19. The van der Waals surface area contributed by atoms with Crippen LogP contribution >= 0.6 is 0 Å². The minimum absolute atomic E-state index is 0.139. The van der Waals surface area contributed by atoms with E-state index < -0.39 is 11.6 Å². The molecule has 2 rings (SSSR count). The first-order valence-corrected chi connectivity index (χ1v) is 9.41. The van der Waals surface area contributed by atoms with Crippen molar-refractivity contribution < 1.29 is 18.9 Å². The Labute approximate surface area is 160 Å². The van der Waals surface area contributed by atoms with E-state index in [0.29, 0.717) is 5.56 Å². The van der Waals surface area contributed by atoms with Gasteiger partial charge < -0.3 is 10.6 Å². The second kappa shape index (κ2) is 9.09. The van der Waals surface area contributed by atoms with Crippen LogP contribution in [-0.2, 0) is 4.79 Å². The summed E-state index contributed by atoms with van der Waals surface area (Å²) >= 11 is 0. The fourth-order valence-corrected chi connectivity index (χ4v) is 3.17. The Morgan fingerprint density at radius 2 is 1.56 bits per heavy atom. The van der Waals surface area contributed by atoms with Gasteiger partial charge in [-0.2, -0.15) is 0 Å². The summed E-state index contributed by atoms with van der Waals surface area (Å²) in [4.78, 5) is 12.5. The summed E-state index contributed by atoms with van der Waals surface area (Å²) in [7, 11) is 0. The molecule has 146 valence electrons. The molecule has 0 radical (unpaired) electrons. The predicted molar refractivity (Wildman–Crippen MR) is 105 cm³/mol. The van der Waals surface area contributed by atoms with Gasteiger partial charge in [0.2, 0.25) is 0 Å². The fourth-order valence-electron chi connectivity index (χ4n) is 3.17. The van der Waals surface area contributed by atoms with E-state index in [0.717, 1.165) is 22.9 Å². The van der Waals surface area contributed by atoms with Crippen LogP contribution in [-0.4, -0.2) is 12.5 Å². The van der Waals surface area contributed by atoms with Crippen molar-refractivity contribution in [3.05, 3.63) is 64.7 Å². The van der Waals surface area contributed by atoms with E-state index in [1.807, 2.05) is 18.2 Å². The molecule has 0 unspecified atom stereocenters. The summed E-state index contributed by atoms with van der Waals surface area (Å²) in [6, 6.07) is 9.32. The van der Waals surface area contributed by atoms with Gasteiger partial charge in [-0.05, 0) is 42.0 Å². The van der Waals surface area contributed by atoms with Crippen molar-refractivity contribution in [2.45, 2.75) is 52.5 Å². The maximum absolute atomic E-state index is 13.9. The molecule has 0 bridgehead atoms. The molecule has 0 aromatic heterocycles. The highest BCUT2D eigenvalue weighted by molar-refractivity contribution is 5.93. The number of anilines is 1. The molecule has 2 aromatic rings. The molecule has 0 aliphatic carbocycles. The molecule has 3 N–H and O–H groups in total. The van der Waals surface area contributed by atoms with Crippen LogP contribution in [0.2, 0.25) is 0 Å². The first-order chi connectivity index (χ1) is 12.7. The van der Waals surface area contributed by atoms with E-state index in [1.54, 1.807) is 12.2 Å². The Morgan fingerprint density at radius 1 is 0.963 bits per heavy atom. The number of quaternary nitrogens is 1. The molecule has 0 aliphatic rings. The quantitative estimate of drug-likeness (QED) is 0.737. The lowest BCUT2D eigenvalue weighted by atomic mass is 9.92. The Balaban J connectivity index is 2.10. The van der Waals surface area contributed by atoms with E-state index in [9.17, 15) is 13.6 Å². The highest BCUT2D eigenvalue weighted by atomic mass is 19.1. The molecular formula is C22H29F2N2O+. The molecule has 5 heteroatoms. The maximum Gasteiger partial charge on any atom is 0.279 e. The van der Waals surface area contributed by atoms with Crippen molar-refractivity contribution in [1.82, 2.24) is 0 Å². The second-order valence-corrected chi connectivity index (χ2v) is 7.56. The Hall–Kier alpha value is -2.27. The predicted octanol–water partition coefficient (Wildman–Crippen LogP) is 4.47. The minimum atomic E-state index is -0.604. The monoisotopic (exact) mass is 375 g/mol. The molecule has 1 amide bonds. The van der Waals surface area contributed by atoms with Gasteiger partial charge in [-0.3, -0.25) is 4.79 Å². The molecule has 0 heterocycles. The standard InChI is InChI=1S/C22H28F2N2O/c1-13(2)17-7-6-8-18(14(3)4)22(17)26-21(27)12-25-15(5)19-10-9-16(23)11-20(19)24/h6-11,13-15,25H,12H2,1-5H3,(H,26,27)/p+1/t15-/m1/s1. The number of amides is 1. The van der Waals surface area contributed by atoms with Crippen LogP contribution in [0.1, 0.15) is 69.2 Å². The Morgan fingerprint density at radius 3 is 2.07 bits per heavy atom. The molecule has 2 aromatic carbocycles. The topological polar surface area (TPSA) is 45.7 Å². The van der Waals surface area contributed by atoms with Gasteiger partial charge in [-0.15, -0.1) is 0 Å². The van der Waals surface area contributed by atoms with Gasteiger partial charge >= 0.3 is 0 Å². The number of hydrogen-bond acceptors (Lipinski definition) is 1. The summed E-state index contributed by atoms with van der Waals surface area (Å²) in [5.41, 5.74) is 3.47. The van der Waals surface area contributed by atoms with Gasteiger partial charge in [-0.25, -0.2) is 8.78 Å². The smallest absolute Gasteiger partial charge is 0.279 e. The summed E-state index contributed by atoms with van der Waals surface area (Å²) in [6.07, 6.45) is 0. The summed E-state index contributed by atoms with van der Waals surface area (Å²) < 4.78 is 27.0. The zero-order valence-corrected chi connectivity index (χ0v) is 16.6. The minimum Gasteiger partial charge on any atom is -0.332 e. The van der Waals surface area contributed by atoms with Crippen molar-refractivity contribution in [2.75, 3.05) is 11.9 Å². The van der Waals surface area contributed by atoms with Crippen LogP contribution < -0.4 is 10.6 Å². The van der Waals surface area contributed by atoms with Crippen LogP contribution in [0.25, 0.3) is 0 Å². The highest BCUT2D eigenvalue weighted by Crippen LogP contribution is 2.32. The maximum atomic E-state index is 13.9. The Kier molecular flexibility index (Phi) is 7.08. The zero-order valence-electron chi connectivity index (χ0n) is 16.6. The van der Waals surface area contributed by atoms with Crippen molar-refractivity contribution in [1.29, 1.82) is 0 Å². The molecule has 0 fully saturated rings. The largest absolute Gasteiger partial charge is 0.332 e. The van der Waals surface area contributed by atoms with Crippen LogP contribution in [0.5, 0.6) is 0 Å². The van der Waals surface area contributed by atoms with E-state index in [4.69, 9.17) is 0 Å². The number of nitrogens with two attached hydrogens (primary N) is 1. The first-order valence-electron chi connectivity index (χ1n) is 9.41. The summed E-state index contributed by atoms with van der Waals surface area (Å²) in [6.45, 7) is 10.3. The van der Waals surface area contributed by atoms with Crippen molar-refractivity contribution in [3.63, 3.8) is 0 Å². The Bertz CT molecular complexity index is 777. The molecule has 27 heavy (non-hydrogen) atoms. The third kappa shape index (κ3) is 5.36. The van der Waals surface area contributed by atoms with Crippen molar-refractivity contribution >= 4 is 11.6 Å². The van der Waals surface area contributed by atoms with Gasteiger partial charge in [0.25, 0.3) is 5.91 Å². The number of rotatable bonds is 7. The van der Waals surface area contributed by atoms with Gasteiger partial charge in [0.05, 0.1) is 0 Å². The van der Waals surface area contributed by atoms with Crippen LogP contribution in [0.15, 0.2) is 36.4 Å². The first kappa shape index (κ1) is 21.0. The molecule has 0 aliphatic heterocycles. The molecule has 0 spiro atoms. The second-order valence-electron chi connectivity index (χ2n) is 7.56. The molecule has 1 atom stereocenters. The van der Waals surface area contributed by atoms with Crippen LogP contribution in [0.3, 0.4) is 0 Å². The zero-order chi connectivity index (χ0) is 20.1. The van der Waals surface area contributed by atoms with Gasteiger partial charge in [0, 0.05) is 17.3 Å². The molecule has 0 saturated carbocycles. The third-order valence-corrected chi connectivity index (χ3v) is 4.75.